The first-order valence-corrected chi connectivity index (χ1v) is 9.99. The molecule has 29 heavy (non-hydrogen) atoms. The van der Waals surface area contributed by atoms with Crippen molar-refractivity contribution >= 4 is 29.1 Å². The first-order valence-electron chi connectivity index (χ1n) is 9.99. The number of nitrogens with zero attached hydrogens (tertiary/aromatic N) is 1. The van der Waals surface area contributed by atoms with Gasteiger partial charge in [0.15, 0.2) is 0 Å². The molecule has 2 aromatic rings. The first kappa shape index (κ1) is 17.9. The lowest BCUT2D eigenvalue weighted by molar-refractivity contribution is -0.123. The lowest BCUT2D eigenvalue weighted by Crippen LogP contribution is -2.32. The second-order valence-corrected chi connectivity index (χ2v) is 8.26. The maximum absolute atomic E-state index is 12.9. The number of anilines is 2. The predicted octanol–water partition coefficient (Wildman–Crippen LogP) is 3.87. The van der Waals surface area contributed by atoms with E-state index in [4.69, 9.17) is 0 Å². The van der Waals surface area contributed by atoms with E-state index in [1.165, 1.54) is 4.90 Å². The summed E-state index contributed by atoms with van der Waals surface area (Å²) in [6.07, 6.45) is 5.08. The molecule has 0 radical (unpaired) electrons. The number of hydrogen-bond acceptors (Lipinski definition) is 3. The molecule has 1 aliphatic heterocycles. The Morgan fingerprint density at radius 1 is 0.931 bits per heavy atom. The van der Waals surface area contributed by atoms with Crippen LogP contribution in [0.1, 0.15) is 27.9 Å². The number of nitrogens with one attached hydrogen (secondary N) is 1. The molecule has 2 aromatic carbocycles. The van der Waals surface area contributed by atoms with Crippen LogP contribution in [0.2, 0.25) is 0 Å². The summed E-state index contributed by atoms with van der Waals surface area (Å²) in [6.45, 7) is 3.97. The number of imide groups is 1. The quantitative estimate of drug-likeness (QED) is 0.643. The van der Waals surface area contributed by atoms with Gasteiger partial charge in [-0.05, 0) is 73.6 Å². The van der Waals surface area contributed by atoms with E-state index in [-0.39, 0.29) is 41.4 Å². The molecule has 5 nitrogen and oxygen atoms in total. The minimum Gasteiger partial charge on any atom is -0.322 e. The van der Waals surface area contributed by atoms with E-state index in [9.17, 15) is 14.4 Å². The molecule has 1 heterocycles. The van der Waals surface area contributed by atoms with Gasteiger partial charge < -0.3 is 5.32 Å². The second kappa shape index (κ2) is 6.41. The fraction of sp³-hybridized carbons (Fsp3) is 0.292. The van der Waals surface area contributed by atoms with Crippen molar-refractivity contribution in [3.8, 4) is 0 Å². The highest BCUT2D eigenvalue weighted by molar-refractivity contribution is 6.23. The first-order chi connectivity index (χ1) is 14.0. The molecule has 1 N–H and O–H groups in total. The topological polar surface area (TPSA) is 66.5 Å². The minimum atomic E-state index is -0.219. The highest BCUT2D eigenvalue weighted by Crippen LogP contribution is 2.53. The third kappa shape index (κ3) is 2.64. The molecule has 2 bridgehead atoms. The van der Waals surface area contributed by atoms with Crippen molar-refractivity contribution in [2.45, 2.75) is 20.3 Å². The van der Waals surface area contributed by atoms with Gasteiger partial charge in [-0.1, -0.05) is 24.3 Å². The van der Waals surface area contributed by atoms with Gasteiger partial charge in [0.05, 0.1) is 17.5 Å². The third-order valence-corrected chi connectivity index (χ3v) is 6.71. The fourth-order valence-corrected chi connectivity index (χ4v) is 5.00. The van der Waals surface area contributed by atoms with Crippen LogP contribution in [0.3, 0.4) is 0 Å². The van der Waals surface area contributed by atoms with Crippen LogP contribution in [0.25, 0.3) is 0 Å². The Morgan fingerprint density at radius 3 is 2.17 bits per heavy atom. The molecule has 1 saturated carbocycles. The lowest BCUT2D eigenvalue weighted by Gasteiger charge is -2.17. The molecule has 0 spiro atoms. The Morgan fingerprint density at radius 2 is 1.55 bits per heavy atom. The van der Waals surface area contributed by atoms with Gasteiger partial charge in [0.25, 0.3) is 5.91 Å². The normalized spacial score (nSPS) is 26.9. The van der Waals surface area contributed by atoms with Crippen LogP contribution in [0.15, 0.2) is 54.6 Å². The number of fused-ring (bicyclic) bond motifs is 5. The van der Waals surface area contributed by atoms with Gasteiger partial charge in [-0.15, -0.1) is 0 Å². The summed E-state index contributed by atoms with van der Waals surface area (Å²) < 4.78 is 0. The maximum atomic E-state index is 12.9. The zero-order valence-electron chi connectivity index (χ0n) is 16.4. The molecule has 146 valence electrons. The molecule has 0 unspecified atom stereocenters. The summed E-state index contributed by atoms with van der Waals surface area (Å²) in [4.78, 5) is 39.8. The number of amides is 3. The molecule has 5 heteroatoms. The standard InChI is InChI=1S/C24H22N2O3/c1-13-4-3-5-19(14(13)2)25-22(27)15-8-10-18(11-9-15)26-23(28)20-16-6-7-17(12-16)21(20)24(26)29/h3-11,16-17,20-21H,12H2,1-2H3,(H,25,27)/t16-,17-,20-,21+/m1/s1. The Kier molecular flexibility index (Phi) is 3.95. The Bertz CT molecular complexity index is 1040. The van der Waals surface area contributed by atoms with Crippen molar-refractivity contribution in [2.24, 2.45) is 23.7 Å². The van der Waals surface area contributed by atoms with Crippen LogP contribution in [-0.2, 0) is 9.59 Å². The number of carbonyl (C=O) groups is 3. The van der Waals surface area contributed by atoms with Crippen molar-refractivity contribution in [1.29, 1.82) is 0 Å². The van der Waals surface area contributed by atoms with Gasteiger partial charge in [0, 0.05) is 11.3 Å². The van der Waals surface area contributed by atoms with Crippen LogP contribution in [0, 0.1) is 37.5 Å². The number of carbonyl (C=O) groups excluding carboxylic acids is 3. The van der Waals surface area contributed by atoms with Crippen LogP contribution in [-0.4, -0.2) is 17.7 Å². The van der Waals surface area contributed by atoms with Crippen LogP contribution in [0.4, 0.5) is 11.4 Å². The van der Waals surface area contributed by atoms with Crippen LogP contribution in [0.5, 0.6) is 0 Å². The van der Waals surface area contributed by atoms with Gasteiger partial charge in [-0.3, -0.25) is 19.3 Å². The van der Waals surface area contributed by atoms with E-state index < -0.39 is 0 Å². The number of hydrogen-bond donors (Lipinski definition) is 1. The zero-order chi connectivity index (χ0) is 20.3. The molecular formula is C24H22N2O3. The van der Waals surface area contributed by atoms with E-state index in [2.05, 4.69) is 17.5 Å². The number of benzene rings is 2. The number of rotatable bonds is 3. The summed E-state index contributed by atoms with van der Waals surface area (Å²) >= 11 is 0. The fourth-order valence-electron chi connectivity index (χ4n) is 5.00. The molecule has 3 amide bonds. The van der Waals surface area contributed by atoms with E-state index >= 15 is 0 Å². The summed E-state index contributed by atoms with van der Waals surface area (Å²) in [5.74, 6) is -0.491. The second-order valence-electron chi connectivity index (χ2n) is 8.26. The number of aryl methyl sites for hydroxylation is 1. The van der Waals surface area contributed by atoms with E-state index in [0.717, 1.165) is 23.2 Å². The Balaban J connectivity index is 1.36. The molecule has 4 atom stereocenters. The average molecular weight is 386 g/mol. The van der Waals surface area contributed by atoms with Crippen molar-refractivity contribution in [2.75, 3.05) is 10.2 Å². The largest absolute Gasteiger partial charge is 0.322 e. The smallest absolute Gasteiger partial charge is 0.255 e. The highest BCUT2D eigenvalue weighted by atomic mass is 16.2. The van der Waals surface area contributed by atoms with Gasteiger partial charge in [0.1, 0.15) is 0 Å². The molecule has 0 aromatic heterocycles. The predicted molar refractivity (Wildman–Crippen MR) is 111 cm³/mol. The Hall–Kier alpha value is -3.21. The zero-order valence-corrected chi connectivity index (χ0v) is 16.4. The summed E-state index contributed by atoms with van der Waals surface area (Å²) in [7, 11) is 0. The molecule has 2 aliphatic carbocycles. The van der Waals surface area contributed by atoms with Gasteiger partial charge in [-0.25, -0.2) is 0 Å². The van der Waals surface area contributed by atoms with Crippen LogP contribution >= 0.6 is 0 Å². The average Bonchev–Trinajstić information content (AvgIpc) is 3.39. The highest BCUT2D eigenvalue weighted by Gasteiger charge is 2.59. The van der Waals surface area contributed by atoms with E-state index in [0.29, 0.717) is 11.3 Å². The molecule has 2 fully saturated rings. The van der Waals surface area contributed by atoms with Crippen molar-refractivity contribution in [1.82, 2.24) is 0 Å². The summed E-state index contributed by atoms with van der Waals surface area (Å²) in [6, 6.07) is 12.5. The maximum Gasteiger partial charge on any atom is 0.255 e. The van der Waals surface area contributed by atoms with Gasteiger partial charge >= 0.3 is 0 Å². The molecular weight excluding hydrogens is 364 g/mol. The minimum absolute atomic E-state index is 0.107. The Labute approximate surface area is 169 Å². The SMILES string of the molecule is Cc1cccc(NC(=O)c2ccc(N3C(=O)[C@@H]4[C@H](C3=O)[C@@H]3C=C[C@@H]4C3)cc2)c1C. The van der Waals surface area contributed by atoms with Crippen molar-refractivity contribution in [3.63, 3.8) is 0 Å². The van der Waals surface area contributed by atoms with Gasteiger partial charge in [0.2, 0.25) is 11.8 Å². The van der Waals surface area contributed by atoms with Gasteiger partial charge in [-0.2, -0.15) is 0 Å². The monoisotopic (exact) mass is 386 g/mol. The lowest BCUT2D eigenvalue weighted by atomic mass is 9.85. The molecule has 3 aliphatic rings. The third-order valence-electron chi connectivity index (χ3n) is 6.71. The summed E-state index contributed by atoms with van der Waals surface area (Å²) in [5, 5.41) is 2.93. The van der Waals surface area contributed by atoms with E-state index in [1.807, 2.05) is 32.0 Å². The molecule has 5 rings (SSSR count). The van der Waals surface area contributed by atoms with Crippen LogP contribution < -0.4 is 10.2 Å². The molecule has 1 saturated heterocycles. The van der Waals surface area contributed by atoms with E-state index in [1.54, 1.807) is 24.3 Å². The van der Waals surface area contributed by atoms with Crippen molar-refractivity contribution in [3.05, 3.63) is 71.3 Å². The summed E-state index contributed by atoms with van der Waals surface area (Å²) in [5.41, 5.74) is 3.94. The van der Waals surface area contributed by atoms with Crippen molar-refractivity contribution < 1.29 is 14.4 Å². The number of allylic oxidation sites excluding steroid dienone is 2.